The van der Waals surface area contributed by atoms with E-state index in [4.69, 9.17) is 9.47 Å². The van der Waals surface area contributed by atoms with Crippen LogP contribution in [0.1, 0.15) is 43.6 Å². The van der Waals surface area contributed by atoms with Crippen molar-refractivity contribution in [2.24, 2.45) is 0 Å². The van der Waals surface area contributed by atoms with Gasteiger partial charge >= 0.3 is 0 Å². The molecule has 1 heterocycles. The van der Waals surface area contributed by atoms with Crippen molar-refractivity contribution < 1.29 is 9.47 Å². The van der Waals surface area contributed by atoms with Crippen molar-refractivity contribution in [3.63, 3.8) is 0 Å². The molecular weight excluding hydrogens is 224 g/mol. The van der Waals surface area contributed by atoms with E-state index in [9.17, 15) is 0 Å². The Kier molecular flexibility index (Phi) is 3.40. The summed E-state index contributed by atoms with van der Waals surface area (Å²) in [6.45, 7) is 0.784. The van der Waals surface area contributed by atoms with Crippen LogP contribution in [0, 0.1) is 0 Å². The molecule has 0 amide bonds. The Labute approximate surface area is 109 Å². The average Bonchev–Trinajstić information content (AvgIpc) is 2.84. The first kappa shape index (κ1) is 12.2. The molecule has 18 heavy (non-hydrogen) atoms. The van der Waals surface area contributed by atoms with E-state index in [0.717, 1.165) is 18.9 Å². The zero-order chi connectivity index (χ0) is 12.4. The molecule has 1 aromatic rings. The highest BCUT2D eigenvalue weighted by Crippen LogP contribution is 2.45. The van der Waals surface area contributed by atoms with Gasteiger partial charge < -0.3 is 9.47 Å². The first-order valence-corrected chi connectivity index (χ1v) is 7.03. The highest BCUT2D eigenvalue weighted by atomic mass is 16.6. The first-order valence-electron chi connectivity index (χ1n) is 7.03. The molecule has 1 atom stereocenters. The summed E-state index contributed by atoms with van der Waals surface area (Å²) < 4.78 is 11.5. The molecule has 0 radical (unpaired) electrons. The summed E-state index contributed by atoms with van der Waals surface area (Å²) in [5, 5.41) is 0. The maximum atomic E-state index is 6.04. The Bertz CT molecular complexity index is 379. The molecule has 1 unspecified atom stereocenters. The minimum atomic E-state index is 0.131. The van der Waals surface area contributed by atoms with Crippen LogP contribution in [-0.4, -0.2) is 25.4 Å². The standard InChI is InChI=1S/C16H22O2/c1-17-15-11-16(18-12-15)9-7-14(8-10-16)13-5-3-2-4-6-13/h2-6,14-15H,7-12H2,1H3. The van der Waals surface area contributed by atoms with Gasteiger partial charge in [-0.05, 0) is 37.2 Å². The zero-order valence-electron chi connectivity index (χ0n) is 11.1. The summed E-state index contributed by atoms with van der Waals surface area (Å²) in [4.78, 5) is 0. The summed E-state index contributed by atoms with van der Waals surface area (Å²) in [6, 6.07) is 10.9. The molecule has 1 aromatic carbocycles. The molecule has 2 heteroatoms. The van der Waals surface area contributed by atoms with Gasteiger partial charge in [-0.1, -0.05) is 30.3 Å². The fourth-order valence-corrected chi connectivity index (χ4v) is 3.50. The molecule has 1 saturated carbocycles. The molecule has 2 fully saturated rings. The second-order valence-corrected chi connectivity index (χ2v) is 5.74. The van der Waals surface area contributed by atoms with Crippen molar-refractivity contribution in [1.82, 2.24) is 0 Å². The Balaban J connectivity index is 1.62. The third-order valence-corrected chi connectivity index (χ3v) is 4.68. The lowest BCUT2D eigenvalue weighted by atomic mass is 9.75. The number of hydrogen-bond donors (Lipinski definition) is 0. The van der Waals surface area contributed by atoms with Crippen LogP contribution < -0.4 is 0 Å². The first-order chi connectivity index (χ1) is 8.81. The van der Waals surface area contributed by atoms with E-state index in [2.05, 4.69) is 30.3 Å². The van der Waals surface area contributed by atoms with E-state index in [1.165, 1.54) is 31.2 Å². The number of ether oxygens (including phenoxy) is 2. The quantitative estimate of drug-likeness (QED) is 0.795. The van der Waals surface area contributed by atoms with Crippen molar-refractivity contribution in [2.75, 3.05) is 13.7 Å². The number of methoxy groups -OCH3 is 1. The lowest BCUT2D eigenvalue weighted by molar-refractivity contribution is -0.0302. The maximum Gasteiger partial charge on any atom is 0.0832 e. The molecule has 2 aliphatic rings. The van der Waals surface area contributed by atoms with Crippen LogP contribution in [0.5, 0.6) is 0 Å². The van der Waals surface area contributed by atoms with Crippen molar-refractivity contribution in [1.29, 1.82) is 0 Å². The van der Waals surface area contributed by atoms with Gasteiger partial charge in [0.1, 0.15) is 0 Å². The van der Waals surface area contributed by atoms with Crippen molar-refractivity contribution in [2.45, 2.75) is 49.7 Å². The van der Waals surface area contributed by atoms with Crippen LogP contribution in [0.15, 0.2) is 30.3 Å². The van der Waals surface area contributed by atoms with Gasteiger partial charge in [0.15, 0.2) is 0 Å². The Hall–Kier alpha value is -0.860. The van der Waals surface area contributed by atoms with Crippen LogP contribution in [0.4, 0.5) is 0 Å². The van der Waals surface area contributed by atoms with Crippen LogP contribution >= 0.6 is 0 Å². The third kappa shape index (κ3) is 2.32. The Morgan fingerprint density at radius 1 is 1.17 bits per heavy atom. The molecule has 0 N–H and O–H groups in total. The Morgan fingerprint density at radius 3 is 2.50 bits per heavy atom. The van der Waals surface area contributed by atoms with E-state index < -0.39 is 0 Å². The SMILES string of the molecule is COC1COC2(CCC(c3ccccc3)CC2)C1. The Morgan fingerprint density at radius 2 is 1.89 bits per heavy atom. The average molecular weight is 246 g/mol. The maximum absolute atomic E-state index is 6.04. The molecule has 1 aliphatic carbocycles. The molecular formula is C16H22O2. The molecule has 1 saturated heterocycles. The predicted octanol–water partition coefficient (Wildman–Crippen LogP) is 3.52. The van der Waals surface area contributed by atoms with Crippen LogP contribution in [-0.2, 0) is 9.47 Å². The predicted molar refractivity (Wildman–Crippen MR) is 71.7 cm³/mol. The number of benzene rings is 1. The summed E-state index contributed by atoms with van der Waals surface area (Å²) >= 11 is 0. The highest BCUT2D eigenvalue weighted by Gasteiger charge is 2.43. The topological polar surface area (TPSA) is 18.5 Å². The normalized spacial score (nSPS) is 36.1. The van der Waals surface area contributed by atoms with Crippen molar-refractivity contribution in [3.05, 3.63) is 35.9 Å². The van der Waals surface area contributed by atoms with E-state index in [0.29, 0.717) is 6.10 Å². The molecule has 1 spiro atoms. The van der Waals surface area contributed by atoms with Gasteiger partial charge in [0.2, 0.25) is 0 Å². The third-order valence-electron chi connectivity index (χ3n) is 4.68. The molecule has 3 rings (SSSR count). The second kappa shape index (κ2) is 5.02. The highest BCUT2D eigenvalue weighted by molar-refractivity contribution is 5.20. The minimum Gasteiger partial charge on any atom is -0.379 e. The van der Waals surface area contributed by atoms with Crippen LogP contribution in [0.2, 0.25) is 0 Å². The second-order valence-electron chi connectivity index (χ2n) is 5.74. The fourth-order valence-electron chi connectivity index (χ4n) is 3.50. The monoisotopic (exact) mass is 246 g/mol. The smallest absolute Gasteiger partial charge is 0.0832 e. The number of rotatable bonds is 2. The lowest BCUT2D eigenvalue weighted by Crippen LogP contribution is -2.33. The summed E-state index contributed by atoms with van der Waals surface area (Å²) in [5.41, 5.74) is 1.63. The minimum absolute atomic E-state index is 0.131. The van der Waals surface area contributed by atoms with Crippen molar-refractivity contribution in [3.8, 4) is 0 Å². The van der Waals surface area contributed by atoms with E-state index in [1.807, 2.05) is 0 Å². The van der Waals surface area contributed by atoms with E-state index in [1.54, 1.807) is 7.11 Å². The summed E-state index contributed by atoms with van der Waals surface area (Å²) in [5.74, 6) is 0.724. The summed E-state index contributed by atoms with van der Waals surface area (Å²) in [7, 11) is 1.79. The fraction of sp³-hybridized carbons (Fsp3) is 0.625. The van der Waals surface area contributed by atoms with Gasteiger partial charge in [-0.25, -0.2) is 0 Å². The molecule has 98 valence electrons. The van der Waals surface area contributed by atoms with Crippen LogP contribution in [0.3, 0.4) is 0 Å². The van der Waals surface area contributed by atoms with Crippen LogP contribution in [0.25, 0.3) is 0 Å². The lowest BCUT2D eigenvalue weighted by Gasteiger charge is -2.36. The largest absolute Gasteiger partial charge is 0.379 e. The zero-order valence-corrected chi connectivity index (χ0v) is 11.1. The van der Waals surface area contributed by atoms with Crippen molar-refractivity contribution >= 4 is 0 Å². The number of hydrogen-bond acceptors (Lipinski definition) is 2. The van der Waals surface area contributed by atoms with E-state index in [-0.39, 0.29) is 5.60 Å². The van der Waals surface area contributed by atoms with Gasteiger partial charge in [0.05, 0.1) is 18.3 Å². The van der Waals surface area contributed by atoms with Gasteiger partial charge in [-0.15, -0.1) is 0 Å². The van der Waals surface area contributed by atoms with Gasteiger partial charge in [-0.3, -0.25) is 0 Å². The molecule has 1 aliphatic heterocycles. The summed E-state index contributed by atoms with van der Waals surface area (Å²) in [6.07, 6.45) is 6.28. The molecule has 0 aromatic heterocycles. The van der Waals surface area contributed by atoms with Gasteiger partial charge in [0, 0.05) is 13.5 Å². The molecule has 2 nitrogen and oxygen atoms in total. The van der Waals surface area contributed by atoms with Gasteiger partial charge in [-0.2, -0.15) is 0 Å². The van der Waals surface area contributed by atoms with E-state index >= 15 is 0 Å². The van der Waals surface area contributed by atoms with Gasteiger partial charge in [0.25, 0.3) is 0 Å². The molecule has 0 bridgehead atoms.